The van der Waals surface area contributed by atoms with Crippen LogP contribution in [-0.4, -0.2) is 23.9 Å². The van der Waals surface area contributed by atoms with Gasteiger partial charge in [0, 0.05) is 17.0 Å². The predicted molar refractivity (Wildman–Crippen MR) is 86.0 cm³/mol. The van der Waals surface area contributed by atoms with Gasteiger partial charge >= 0.3 is 0 Å². The summed E-state index contributed by atoms with van der Waals surface area (Å²) in [5.74, 6) is -0.274. The molecule has 2 amide bonds. The molecule has 1 heterocycles. The van der Waals surface area contributed by atoms with E-state index >= 15 is 0 Å². The van der Waals surface area contributed by atoms with Crippen LogP contribution in [0.2, 0.25) is 10.0 Å². The molecule has 2 aliphatic rings. The minimum Gasteiger partial charge on any atom is -0.397 e. The molecule has 7 heteroatoms. The Kier molecular flexibility index (Phi) is 3.53. The number of nitrogens with one attached hydrogen (secondary N) is 2. The zero-order valence-electron chi connectivity index (χ0n) is 12.1. The van der Waals surface area contributed by atoms with Gasteiger partial charge in [0.05, 0.1) is 21.8 Å². The molecule has 1 aromatic carbocycles. The molecule has 2 atom stereocenters. The Morgan fingerprint density at radius 2 is 2.14 bits per heavy atom. The number of amides is 2. The molecule has 2 fully saturated rings. The van der Waals surface area contributed by atoms with E-state index in [2.05, 4.69) is 10.6 Å². The Morgan fingerprint density at radius 3 is 2.73 bits per heavy atom. The predicted octanol–water partition coefficient (Wildman–Crippen LogP) is 2.36. The van der Waals surface area contributed by atoms with Crippen molar-refractivity contribution in [2.75, 3.05) is 12.3 Å². The number of carbonyl (C=O) groups is 2. The summed E-state index contributed by atoms with van der Waals surface area (Å²) in [6, 6.07) is 2.98. The first-order chi connectivity index (χ1) is 10.2. The quantitative estimate of drug-likeness (QED) is 0.738. The van der Waals surface area contributed by atoms with Crippen molar-refractivity contribution in [2.24, 2.45) is 5.41 Å². The maximum absolute atomic E-state index is 12.3. The zero-order valence-corrected chi connectivity index (χ0v) is 13.6. The van der Waals surface area contributed by atoms with E-state index < -0.39 is 0 Å². The third-order valence-corrected chi connectivity index (χ3v) is 5.27. The SMILES string of the molecule is CC12CCC(CNC(=O)c3cc(Cl)cc(Cl)c3N)(C1)NC2=O. The number of hydrogen-bond donors (Lipinski definition) is 3. The Labute approximate surface area is 138 Å². The third-order valence-electron chi connectivity index (χ3n) is 4.74. The summed E-state index contributed by atoms with van der Waals surface area (Å²) in [4.78, 5) is 24.3. The highest BCUT2D eigenvalue weighted by atomic mass is 35.5. The molecule has 22 heavy (non-hydrogen) atoms. The molecule has 2 unspecified atom stereocenters. The highest BCUT2D eigenvalue weighted by Crippen LogP contribution is 2.49. The Hall–Kier alpha value is -1.46. The second-order valence-corrected chi connectivity index (χ2v) is 7.35. The molecule has 1 saturated carbocycles. The Balaban J connectivity index is 1.73. The minimum atomic E-state index is -0.349. The van der Waals surface area contributed by atoms with Crippen molar-refractivity contribution in [1.29, 1.82) is 0 Å². The number of halogens is 2. The van der Waals surface area contributed by atoms with E-state index in [0.717, 1.165) is 19.3 Å². The first-order valence-corrected chi connectivity index (χ1v) is 7.86. The molecule has 0 spiro atoms. The number of nitrogens with two attached hydrogens (primary N) is 1. The second kappa shape index (κ2) is 5.03. The van der Waals surface area contributed by atoms with Gasteiger partial charge in [-0.05, 0) is 31.4 Å². The fourth-order valence-corrected chi connectivity index (χ4v) is 3.94. The molecular weight excluding hydrogens is 325 g/mol. The van der Waals surface area contributed by atoms with Gasteiger partial charge in [0.15, 0.2) is 0 Å². The van der Waals surface area contributed by atoms with E-state index in [1.807, 2.05) is 6.92 Å². The molecular formula is C15H17Cl2N3O2. The van der Waals surface area contributed by atoms with Gasteiger partial charge in [-0.25, -0.2) is 0 Å². The van der Waals surface area contributed by atoms with E-state index in [-0.39, 0.29) is 39.0 Å². The average molecular weight is 342 g/mol. The third kappa shape index (κ3) is 2.42. The molecule has 0 aromatic heterocycles. The molecule has 1 aromatic rings. The van der Waals surface area contributed by atoms with Crippen LogP contribution in [0.5, 0.6) is 0 Å². The summed E-state index contributed by atoms with van der Waals surface area (Å²) >= 11 is 11.9. The normalized spacial score (nSPS) is 29.5. The van der Waals surface area contributed by atoms with Crippen LogP contribution >= 0.6 is 23.2 Å². The molecule has 1 aliphatic carbocycles. The van der Waals surface area contributed by atoms with Gasteiger partial charge in [-0.2, -0.15) is 0 Å². The summed E-state index contributed by atoms with van der Waals surface area (Å²) < 4.78 is 0. The lowest BCUT2D eigenvalue weighted by Crippen LogP contribution is -2.51. The first kappa shape index (κ1) is 15.4. The molecule has 4 N–H and O–H groups in total. The van der Waals surface area contributed by atoms with Gasteiger partial charge in [0.25, 0.3) is 5.91 Å². The number of fused-ring (bicyclic) bond motifs is 2. The minimum absolute atomic E-state index is 0.0679. The number of rotatable bonds is 3. The lowest BCUT2D eigenvalue weighted by Gasteiger charge is -2.28. The van der Waals surface area contributed by atoms with Gasteiger partial charge in [-0.15, -0.1) is 0 Å². The molecule has 3 rings (SSSR count). The molecule has 1 aliphatic heterocycles. The number of carbonyl (C=O) groups excluding carboxylic acids is 2. The first-order valence-electron chi connectivity index (χ1n) is 7.10. The number of benzene rings is 1. The molecule has 1 saturated heterocycles. The zero-order chi connectivity index (χ0) is 16.1. The van der Waals surface area contributed by atoms with Crippen LogP contribution in [0, 0.1) is 5.41 Å². The van der Waals surface area contributed by atoms with E-state index in [0.29, 0.717) is 11.6 Å². The number of piperidine rings is 1. The van der Waals surface area contributed by atoms with Crippen molar-refractivity contribution in [3.05, 3.63) is 27.7 Å². The maximum atomic E-state index is 12.3. The number of anilines is 1. The highest BCUT2D eigenvalue weighted by molar-refractivity contribution is 6.37. The largest absolute Gasteiger partial charge is 0.397 e. The van der Waals surface area contributed by atoms with Crippen LogP contribution < -0.4 is 16.4 Å². The number of hydrogen-bond acceptors (Lipinski definition) is 3. The lowest BCUT2D eigenvalue weighted by molar-refractivity contribution is -0.128. The fraction of sp³-hybridized carbons (Fsp3) is 0.467. The topological polar surface area (TPSA) is 84.2 Å². The molecule has 5 nitrogen and oxygen atoms in total. The van der Waals surface area contributed by atoms with Crippen LogP contribution in [0.25, 0.3) is 0 Å². The Bertz CT molecular complexity index is 679. The van der Waals surface area contributed by atoms with Crippen LogP contribution in [0.3, 0.4) is 0 Å². The van der Waals surface area contributed by atoms with Crippen molar-refractivity contribution in [3.63, 3.8) is 0 Å². The van der Waals surface area contributed by atoms with Crippen LogP contribution in [-0.2, 0) is 4.79 Å². The smallest absolute Gasteiger partial charge is 0.253 e. The maximum Gasteiger partial charge on any atom is 0.253 e. The van der Waals surface area contributed by atoms with E-state index in [4.69, 9.17) is 28.9 Å². The van der Waals surface area contributed by atoms with Gasteiger partial charge in [-0.3, -0.25) is 9.59 Å². The van der Waals surface area contributed by atoms with Crippen LogP contribution in [0.15, 0.2) is 12.1 Å². The second-order valence-electron chi connectivity index (χ2n) is 6.50. The summed E-state index contributed by atoms with van der Waals surface area (Å²) in [7, 11) is 0. The van der Waals surface area contributed by atoms with Crippen molar-refractivity contribution in [3.8, 4) is 0 Å². The highest BCUT2D eigenvalue weighted by Gasteiger charge is 2.57. The van der Waals surface area contributed by atoms with Gasteiger partial charge in [0.2, 0.25) is 5.91 Å². The van der Waals surface area contributed by atoms with E-state index in [1.54, 1.807) is 0 Å². The summed E-state index contributed by atoms with van der Waals surface area (Å²) in [5, 5.41) is 6.46. The van der Waals surface area contributed by atoms with E-state index in [1.165, 1.54) is 12.1 Å². The molecule has 2 bridgehead atoms. The molecule has 0 radical (unpaired) electrons. The average Bonchev–Trinajstić information content (AvgIpc) is 2.91. The van der Waals surface area contributed by atoms with Gasteiger partial charge in [-0.1, -0.05) is 30.1 Å². The summed E-state index contributed by atoms with van der Waals surface area (Å²) in [6.45, 7) is 2.34. The summed E-state index contributed by atoms with van der Waals surface area (Å²) in [6.07, 6.45) is 2.45. The van der Waals surface area contributed by atoms with Crippen LogP contribution in [0.1, 0.15) is 36.5 Å². The van der Waals surface area contributed by atoms with E-state index in [9.17, 15) is 9.59 Å². The molecule has 118 valence electrons. The summed E-state index contributed by atoms with van der Waals surface area (Å²) in [5.41, 5.74) is 5.63. The van der Waals surface area contributed by atoms with Crippen LogP contribution in [0.4, 0.5) is 5.69 Å². The van der Waals surface area contributed by atoms with Crippen molar-refractivity contribution in [1.82, 2.24) is 10.6 Å². The lowest BCUT2D eigenvalue weighted by atomic mass is 9.89. The Morgan fingerprint density at radius 1 is 1.41 bits per heavy atom. The fourth-order valence-electron chi connectivity index (χ4n) is 3.44. The standard InChI is InChI=1S/C15H17Cl2N3O2/c1-14-2-3-15(6-14,20-13(14)22)7-19-12(21)9-4-8(16)5-10(17)11(9)18/h4-5H,2-3,6-7,18H2,1H3,(H,19,21)(H,20,22). The number of nitrogen functional groups attached to an aromatic ring is 1. The van der Waals surface area contributed by atoms with Gasteiger partial charge in [0.1, 0.15) is 0 Å². The monoisotopic (exact) mass is 341 g/mol. The van der Waals surface area contributed by atoms with Crippen molar-refractivity contribution >= 4 is 40.7 Å². The van der Waals surface area contributed by atoms with Gasteiger partial charge < -0.3 is 16.4 Å². The van der Waals surface area contributed by atoms with Crippen molar-refractivity contribution < 1.29 is 9.59 Å². The van der Waals surface area contributed by atoms with Crippen molar-refractivity contribution in [2.45, 2.75) is 31.7 Å².